The monoisotopic (exact) mass is 189 g/mol. The quantitative estimate of drug-likeness (QED) is 0.533. The third kappa shape index (κ3) is 2.28. The molecular formula is C6H8BrNO. The molecule has 0 aromatic carbocycles. The lowest BCUT2D eigenvalue weighted by molar-refractivity contribution is 0.205. The van der Waals surface area contributed by atoms with Crippen LogP contribution in [0.4, 0.5) is 0 Å². The van der Waals surface area contributed by atoms with Crippen LogP contribution < -0.4 is 0 Å². The standard InChI is InChI=1S/C6H8BrNO/c1-5-4-9-3-2-6(7)8-5/h2H,3-4H2,1H3. The second-order valence-corrected chi connectivity index (χ2v) is 2.70. The van der Waals surface area contributed by atoms with Gasteiger partial charge in [0.2, 0.25) is 0 Å². The van der Waals surface area contributed by atoms with Gasteiger partial charge in [0.15, 0.2) is 0 Å². The summed E-state index contributed by atoms with van der Waals surface area (Å²) in [5, 5.41) is 0. The van der Waals surface area contributed by atoms with E-state index in [-0.39, 0.29) is 0 Å². The Balaban J connectivity index is 2.67. The van der Waals surface area contributed by atoms with E-state index in [1.807, 2.05) is 13.0 Å². The number of hydrogen-bond acceptors (Lipinski definition) is 2. The third-order valence-electron chi connectivity index (χ3n) is 0.978. The van der Waals surface area contributed by atoms with Crippen LogP contribution in [0.1, 0.15) is 6.92 Å². The van der Waals surface area contributed by atoms with Gasteiger partial charge < -0.3 is 4.74 Å². The molecule has 0 amide bonds. The highest BCUT2D eigenvalue weighted by molar-refractivity contribution is 9.11. The van der Waals surface area contributed by atoms with Crippen LogP contribution in [0.3, 0.4) is 0 Å². The van der Waals surface area contributed by atoms with E-state index in [2.05, 4.69) is 20.9 Å². The third-order valence-corrected chi connectivity index (χ3v) is 1.48. The van der Waals surface area contributed by atoms with E-state index in [0.29, 0.717) is 13.2 Å². The van der Waals surface area contributed by atoms with Crippen molar-refractivity contribution >= 4 is 21.6 Å². The predicted octanol–water partition coefficient (Wildman–Crippen LogP) is 1.71. The number of ether oxygens (including phenoxy) is 1. The van der Waals surface area contributed by atoms with Gasteiger partial charge in [0.25, 0.3) is 0 Å². The van der Waals surface area contributed by atoms with Crippen LogP contribution in [0, 0.1) is 0 Å². The second-order valence-electron chi connectivity index (χ2n) is 1.89. The lowest BCUT2D eigenvalue weighted by atomic mass is 10.5. The molecule has 0 bridgehead atoms. The molecule has 1 heterocycles. The number of halogens is 1. The molecule has 3 heteroatoms. The fourth-order valence-corrected chi connectivity index (χ4v) is 1.03. The molecule has 0 atom stereocenters. The Hall–Kier alpha value is -0.150. The molecule has 0 aromatic heterocycles. The van der Waals surface area contributed by atoms with Crippen LogP contribution in [0.5, 0.6) is 0 Å². The maximum atomic E-state index is 5.14. The smallest absolute Gasteiger partial charge is 0.104 e. The molecule has 0 saturated carbocycles. The van der Waals surface area contributed by atoms with Crippen molar-refractivity contribution in [3.05, 3.63) is 10.7 Å². The zero-order valence-corrected chi connectivity index (χ0v) is 6.81. The van der Waals surface area contributed by atoms with Crippen molar-refractivity contribution in [1.29, 1.82) is 0 Å². The van der Waals surface area contributed by atoms with Crippen molar-refractivity contribution in [2.45, 2.75) is 6.92 Å². The Morgan fingerprint density at radius 3 is 3.33 bits per heavy atom. The SMILES string of the molecule is CC1=NC(Br)=CCOC1. The highest BCUT2D eigenvalue weighted by atomic mass is 79.9. The first-order valence-electron chi connectivity index (χ1n) is 2.76. The highest BCUT2D eigenvalue weighted by Gasteiger charge is 1.97. The van der Waals surface area contributed by atoms with E-state index < -0.39 is 0 Å². The molecule has 0 fully saturated rings. The largest absolute Gasteiger partial charge is 0.371 e. The molecule has 0 radical (unpaired) electrons. The van der Waals surface area contributed by atoms with Crippen LogP contribution in [-0.4, -0.2) is 18.9 Å². The first-order valence-corrected chi connectivity index (χ1v) is 3.56. The Labute approximate surface area is 62.7 Å². The topological polar surface area (TPSA) is 21.6 Å². The predicted molar refractivity (Wildman–Crippen MR) is 40.9 cm³/mol. The van der Waals surface area contributed by atoms with E-state index in [9.17, 15) is 0 Å². The van der Waals surface area contributed by atoms with Gasteiger partial charge in [-0.05, 0) is 28.9 Å². The molecule has 0 saturated heterocycles. The summed E-state index contributed by atoms with van der Waals surface area (Å²) in [6.07, 6.45) is 1.90. The van der Waals surface area contributed by atoms with Gasteiger partial charge in [0.05, 0.1) is 13.2 Å². The van der Waals surface area contributed by atoms with Gasteiger partial charge in [-0.1, -0.05) is 0 Å². The number of nitrogens with zero attached hydrogens (tertiary/aromatic N) is 1. The van der Waals surface area contributed by atoms with Gasteiger partial charge in [0, 0.05) is 5.71 Å². The normalized spacial score (nSPS) is 20.2. The summed E-state index contributed by atoms with van der Waals surface area (Å²) in [6, 6.07) is 0. The molecule has 2 nitrogen and oxygen atoms in total. The molecule has 9 heavy (non-hydrogen) atoms. The Morgan fingerprint density at radius 1 is 1.78 bits per heavy atom. The fraction of sp³-hybridized carbons (Fsp3) is 0.500. The summed E-state index contributed by atoms with van der Waals surface area (Å²) < 4.78 is 6.01. The van der Waals surface area contributed by atoms with E-state index in [1.165, 1.54) is 0 Å². The van der Waals surface area contributed by atoms with Gasteiger partial charge in [-0.25, -0.2) is 4.99 Å². The maximum Gasteiger partial charge on any atom is 0.104 e. The Bertz CT molecular complexity index is 162. The minimum Gasteiger partial charge on any atom is -0.371 e. The van der Waals surface area contributed by atoms with Crippen molar-refractivity contribution in [3.63, 3.8) is 0 Å². The molecule has 1 rings (SSSR count). The van der Waals surface area contributed by atoms with Crippen molar-refractivity contribution in [2.75, 3.05) is 13.2 Å². The summed E-state index contributed by atoms with van der Waals surface area (Å²) in [4.78, 5) is 4.15. The van der Waals surface area contributed by atoms with E-state index in [1.54, 1.807) is 0 Å². The fourth-order valence-electron chi connectivity index (χ4n) is 0.595. The molecule has 0 unspecified atom stereocenters. The van der Waals surface area contributed by atoms with Crippen molar-refractivity contribution in [2.24, 2.45) is 4.99 Å². The Kier molecular flexibility index (Phi) is 2.42. The summed E-state index contributed by atoms with van der Waals surface area (Å²) >= 11 is 3.27. The summed E-state index contributed by atoms with van der Waals surface area (Å²) in [5.74, 6) is 0. The minimum absolute atomic E-state index is 0.644. The zero-order valence-electron chi connectivity index (χ0n) is 5.22. The van der Waals surface area contributed by atoms with Gasteiger partial charge in [-0.3, -0.25) is 0 Å². The summed E-state index contributed by atoms with van der Waals surface area (Å²) in [5.41, 5.74) is 1.01. The first-order chi connectivity index (χ1) is 4.29. The number of hydrogen-bond donors (Lipinski definition) is 0. The molecule has 0 N–H and O–H groups in total. The van der Waals surface area contributed by atoms with E-state index >= 15 is 0 Å². The summed E-state index contributed by atoms with van der Waals surface area (Å²) in [7, 11) is 0. The van der Waals surface area contributed by atoms with Crippen LogP contribution >= 0.6 is 15.9 Å². The minimum atomic E-state index is 0.644. The lowest BCUT2D eigenvalue weighted by Crippen LogP contribution is -2.01. The second kappa shape index (κ2) is 3.13. The number of rotatable bonds is 0. The highest BCUT2D eigenvalue weighted by Crippen LogP contribution is 2.08. The van der Waals surface area contributed by atoms with Gasteiger partial charge in [0.1, 0.15) is 4.61 Å². The van der Waals surface area contributed by atoms with Gasteiger partial charge >= 0.3 is 0 Å². The molecule has 0 aliphatic carbocycles. The van der Waals surface area contributed by atoms with Crippen LogP contribution in [-0.2, 0) is 4.74 Å². The zero-order chi connectivity index (χ0) is 6.69. The van der Waals surface area contributed by atoms with Crippen molar-refractivity contribution in [3.8, 4) is 0 Å². The van der Waals surface area contributed by atoms with E-state index in [0.717, 1.165) is 10.3 Å². The summed E-state index contributed by atoms with van der Waals surface area (Å²) in [6.45, 7) is 3.24. The molecular weight excluding hydrogens is 182 g/mol. The molecule has 0 aromatic rings. The van der Waals surface area contributed by atoms with Crippen molar-refractivity contribution < 1.29 is 4.74 Å². The van der Waals surface area contributed by atoms with E-state index in [4.69, 9.17) is 4.74 Å². The average Bonchev–Trinajstić information content (AvgIpc) is 1.93. The molecule has 50 valence electrons. The van der Waals surface area contributed by atoms with Crippen LogP contribution in [0.2, 0.25) is 0 Å². The van der Waals surface area contributed by atoms with Crippen molar-refractivity contribution in [1.82, 2.24) is 0 Å². The first kappa shape index (κ1) is 6.96. The van der Waals surface area contributed by atoms with Crippen LogP contribution in [0.15, 0.2) is 15.7 Å². The lowest BCUT2D eigenvalue weighted by Gasteiger charge is -1.93. The average molecular weight is 190 g/mol. The maximum absolute atomic E-state index is 5.14. The number of aliphatic imine (C=N–C) groups is 1. The van der Waals surface area contributed by atoms with Gasteiger partial charge in [-0.2, -0.15) is 0 Å². The van der Waals surface area contributed by atoms with Gasteiger partial charge in [-0.15, -0.1) is 0 Å². The van der Waals surface area contributed by atoms with Crippen LogP contribution in [0.25, 0.3) is 0 Å². The molecule has 1 aliphatic heterocycles. The molecule has 1 aliphatic rings. The Morgan fingerprint density at radius 2 is 2.56 bits per heavy atom. The molecule has 0 spiro atoms.